The first-order chi connectivity index (χ1) is 13.8. The first-order valence-corrected chi connectivity index (χ1v) is 11.1. The monoisotopic (exact) mass is 440 g/mol. The largest absolute Gasteiger partial charge is 0.462 e. The summed E-state index contributed by atoms with van der Waals surface area (Å²) in [4.78, 5) is 13.9. The van der Waals surface area contributed by atoms with Crippen LogP contribution in [0.2, 0.25) is 5.02 Å². The van der Waals surface area contributed by atoms with Gasteiger partial charge in [-0.05, 0) is 37.3 Å². The molecule has 0 bridgehead atoms. The Bertz CT molecular complexity index is 971. The summed E-state index contributed by atoms with van der Waals surface area (Å²) in [7, 11) is -3.75. The molecular formula is C20H22ClFN2O4S. The quantitative estimate of drug-likeness (QED) is 0.645. The molecule has 0 saturated carbocycles. The van der Waals surface area contributed by atoms with Crippen LogP contribution in [0.4, 0.5) is 4.39 Å². The van der Waals surface area contributed by atoms with Crippen molar-refractivity contribution in [2.45, 2.75) is 18.4 Å². The molecule has 0 unspecified atom stereocenters. The lowest BCUT2D eigenvalue weighted by Crippen LogP contribution is -2.48. The number of piperazine rings is 1. The number of ether oxygens (including phenoxy) is 1. The van der Waals surface area contributed by atoms with Crippen molar-refractivity contribution in [3.63, 3.8) is 0 Å². The van der Waals surface area contributed by atoms with Gasteiger partial charge in [-0.1, -0.05) is 23.7 Å². The van der Waals surface area contributed by atoms with Gasteiger partial charge in [0.2, 0.25) is 10.0 Å². The Labute approximate surface area is 174 Å². The Kier molecular flexibility index (Phi) is 6.89. The molecule has 0 aromatic heterocycles. The number of rotatable bonds is 6. The molecule has 156 valence electrons. The number of sulfonamides is 1. The van der Waals surface area contributed by atoms with Crippen molar-refractivity contribution in [1.82, 2.24) is 9.21 Å². The number of hydrogen-bond donors (Lipinski definition) is 0. The summed E-state index contributed by atoms with van der Waals surface area (Å²) >= 11 is 6.08. The van der Waals surface area contributed by atoms with E-state index in [-0.39, 0.29) is 36.0 Å². The molecule has 2 aromatic rings. The summed E-state index contributed by atoms with van der Waals surface area (Å²) in [6.07, 6.45) is 0. The Morgan fingerprint density at radius 1 is 1.14 bits per heavy atom. The highest BCUT2D eigenvalue weighted by molar-refractivity contribution is 7.89. The molecule has 3 rings (SSSR count). The Hall–Kier alpha value is -2.00. The number of benzene rings is 2. The standard InChI is InChI=1S/C20H22ClFN2O4S/c1-2-28-20(25)15-5-3-6-16(13-15)29(26,27)24-11-9-23(10-12-24)14-17-18(21)7-4-8-19(17)22/h3-8,13H,2,9-12,14H2,1H3. The molecule has 0 N–H and O–H groups in total. The summed E-state index contributed by atoms with van der Waals surface area (Å²) < 4.78 is 46.2. The molecule has 1 saturated heterocycles. The van der Waals surface area contributed by atoms with E-state index in [1.165, 1.54) is 34.6 Å². The van der Waals surface area contributed by atoms with Crippen LogP contribution in [-0.2, 0) is 21.3 Å². The summed E-state index contributed by atoms with van der Waals surface area (Å²) in [5.74, 6) is -0.931. The maximum Gasteiger partial charge on any atom is 0.338 e. The van der Waals surface area contributed by atoms with Crippen LogP contribution in [0.3, 0.4) is 0 Å². The molecular weight excluding hydrogens is 419 g/mol. The molecule has 1 heterocycles. The lowest BCUT2D eigenvalue weighted by atomic mass is 10.2. The Morgan fingerprint density at radius 3 is 2.48 bits per heavy atom. The molecule has 6 nitrogen and oxygen atoms in total. The molecule has 0 spiro atoms. The predicted octanol–water partition coefficient (Wildman–Crippen LogP) is 3.16. The summed E-state index contributed by atoms with van der Waals surface area (Å²) in [5, 5.41) is 0.357. The van der Waals surface area contributed by atoms with Gasteiger partial charge < -0.3 is 4.74 Å². The SMILES string of the molecule is CCOC(=O)c1cccc(S(=O)(=O)N2CCN(Cc3c(F)cccc3Cl)CC2)c1. The van der Waals surface area contributed by atoms with Crippen LogP contribution in [-0.4, -0.2) is 56.4 Å². The number of nitrogens with zero attached hydrogens (tertiary/aromatic N) is 2. The van der Waals surface area contributed by atoms with Crippen molar-refractivity contribution in [2.75, 3.05) is 32.8 Å². The van der Waals surface area contributed by atoms with Crippen molar-refractivity contribution < 1.29 is 22.3 Å². The number of carbonyl (C=O) groups is 1. The summed E-state index contributed by atoms with van der Waals surface area (Å²) in [5.41, 5.74) is 0.605. The van der Waals surface area contributed by atoms with Crippen LogP contribution in [0.5, 0.6) is 0 Å². The van der Waals surface area contributed by atoms with Gasteiger partial charge in [0.25, 0.3) is 0 Å². The third-order valence-electron chi connectivity index (χ3n) is 4.76. The third-order valence-corrected chi connectivity index (χ3v) is 7.01. The van der Waals surface area contributed by atoms with E-state index in [0.717, 1.165) is 0 Å². The van der Waals surface area contributed by atoms with Crippen molar-refractivity contribution in [3.8, 4) is 0 Å². The lowest BCUT2D eigenvalue weighted by Gasteiger charge is -2.34. The fraction of sp³-hybridized carbons (Fsp3) is 0.350. The van der Waals surface area contributed by atoms with Gasteiger partial charge >= 0.3 is 5.97 Å². The highest BCUT2D eigenvalue weighted by Crippen LogP contribution is 2.23. The van der Waals surface area contributed by atoms with E-state index in [4.69, 9.17) is 16.3 Å². The average molecular weight is 441 g/mol. The van der Waals surface area contributed by atoms with Gasteiger partial charge in [0.05, 0.1) is 17.1 Å². The number of esters is 1. The molecule has 1 fully saturated rings. The van der Waals surface area contributed by atoms with E-state index in [9.17, 15) is 17.6 Å². The van der Waals surface area contributed by atoms with Gasteiger partial charge in [-0.15, -0.1) is 0 Å². The zero-order chi connectivity index (χ0) is 21.0. The third kappa shape index (κ3) is 4.95. The maximum atomic E-state index is 14.0. The molecule has 0 atom stereocenters. The van der Waals surface area contributed by atoms with Gasteiger partial charge in [-0.25, -0.2) is 17.6 Å². The van der Waals surface area contributed by atoms with Crippen LogP contribution in [0.1, 0.15) is 22.8 Å². The van der Waals surface area contributed by atoms with Gasteiger partial charge in [-0.2, -0.15) is 4.31 Å². The van der Waals surface area contributed by atoms with Gasteiger partial charge in [0, 0.05) is 43.3 Å². The zero-order valence-corrected chi connectivity index (χ0v) is 17.5. The van der Waals surface area contributed by atoms with Crippen molar-refractivity contribution in [1.29, 1.82) is 0 Å². The highest BCUT2D eigenvalue weighted by atomic mass is 35.5. The van der Waals surface area contributed by atoms with Crippen molar-refractivity contribution in [3.05, 3.63) is 64.4 Å². The fourth-order valence-electron chi connectivity index (χ4n) is 3.18. The van der Waals surface area contributed by atoms with Crippen molar-refractivity contribution in [2.24, 2.45) is 0 Å². The molecule has 0 amide bonds. The molecule has 0 radical (unpaired) electrons. The van der Waals surface area contributed by atoms with E-state index < -0.39 is 16.0 Å². The number of hydrogen-bond acceptors (Lipinski definition) is 5. The van der Waals surface area contributed by atoms with E-state index >= 15 is 0 Å². The van der Waals surface area contributed by atoms with E-state index in [0.29, 0.717) is 30.2 Å². The van der Waals surface area contributed by atoms with E-state index in [1.54, 1.807) is 19.1 Å². The molecule has 2 aromatic carbocycles. The van der Waals surface area contributed by atoms with Gasteiger partial charge in [-0.3, -0.25) is 4.90 Å². The van der Waals surface area contributed by atoms with E-state index in [2.05, 4.69) is 0 Å². The minimum atomic E-state index is -3.75. The maximum absolute atomic E-state index is 14.0. The smallest absolute Gasteiger partial charge is 0.338 e. The van der Waals surface area contributed by atoms with Crippen LogP contribution in [0.25, 0.3) is 0 Å². The molecule has 9 heteroatoms. The van der Waals surface area contributed by atoms with Crippen LogP contribution in [0, 0.1) is 5.82 Å². The molecule has 1 aliphatic heterocycles. The first-order valence-electron chi connectivity index (χ1n) is 9.25. The average Bonchev–Trinajstić information content (AvgIpc) is 2.71. The normalized spacial score (nSPS) is 16.0. The number of carbonyl (C=O) groups excluding carboxylic acids is 1. The molecule has 0 aliphatic carbocycles. The minimum absolute atomic E-state index is 0.0497. The number of halogens is 2. The first kappa shape index (κ1) is 21.7. The van der Waals surface area contributed by atoms with E-state index in [1.807, 2.05) is 4.90 Å². The zero-order valence-electron chi connectivity index (χ0n) is 16.0. The minimum Gasteiger partial charge on any atom is -0.462 e. The van der Waals surface area contributed by atoms with Crippen LogP contribution < -0.4 is 0 Å². The predicted molar refractivity (Wildman–Crippen MR) is 108 cm³/mol. The van der Waals surface area contributed by atoms with Crippen molar-refractivity contribution >= 4 is 27.6 Å². The topological polar surface area (TPSA) is 66.9 Å². The lowest BCUT2D eigenvalue weighted by molar-refractivity contribution is 0.0526. The second-order valence-electron chi connectivity index (χ2n) is 6.63. The second-order valence-corrected chi connectivity index (χ2v) is 8.97. The fourth-order valence-corrected chi connectivity index (χ4v) is 4.87. The molecule has 1 aliphatic rings. The summed E-state index contributed by atoms with van der Waals surface area (Å²) in [6, 6.07) is 10.4. The second kappa shape index (κ2) is 9.21. The van der Waals surface area contributed by atoms with Gasteiger partial charge in [0.15, 0.2) is 0 Å². The Morgan fingerprint density at radius 2 is 1.83 bits per heavy atom. The summed E-state index contributed by atoms with van der Waals surface area (Å²) in [6.45, 7) is 3.63. The van der Waals surface area contributed by atoms with Crippen LogP contribution >= 0.6 is 11.6 Å². The molecule has 29 heavy (non-hydrogen) atoms. The van der Waals surface area contributed by atoms with Crippen LogP contribution in [0.15, 0.2) is 47.4 Å². The van der Waals surface area contributed by atoms with Gasteiger partial charge in [0.1, 0.15) is 5.82 Å². The highest BCUT2D eigenvalue weighted by Gasteiger charge is 2.29. The Balaban J connectivity index is 1.68.